The van der Waals surface area contributed by atoms with Gasteiger partial charge in [-0.2, -0.15) is 0 Å². The summed E-state index contributed by atoms with van der Waals surface area (Å²) in [7, 11) is 0. The second kappa shape index (κ2) is 13.1. The van der Waals surface area contributed by atoms with Crippen LogP contribution in [0.3, 0.4) is 0 Å². The molecule has 1 heterocycles. The van der Waals surface area contributed by atoms with Crippen LogP contribution in [0.2, 0.25) is 0 Å². The van der Waals surface area contributed by atoms with Gasteiger partial charge in [0.15, 0.2) is 0 Å². The molecule has 0 saturated carbocycles. The van der Waals surface area contributed by atoms with Gasteiger partial charge in [-0.05, 0) is 113 Å². The van der Waals surface area contributed by atoms with E-state index < -0.39 is 5.41 Å². The largest absolute Gasteiger partial charge is 0.309 e. The molecule has 0 unspecified atom stereocenters. The van der Waals surface area contributed by atoms with E-state index >= 15 is 0 Å². The van der Waals surface area contributed by atoms with Gasteiger partial charge in [0.25, 0.3) is 0 Å². The summed E-state index contributed by atoms with van der Waals surface area (Å²) in [6.07, 6.45) is 0. The average molecular weight is 816 g/mol. The summed E-state index contributed by atoms with van der Waals surface area (Å²) in [5.41, 5.74) is 15.9. The van der Waals surface area contributed by atoms with Crippen LogP contribution in [0.25, 0.3) is 85.9 Å². The Kier molecular flexibility index (Phi) is 7.26. The molecule has 1 nitrogen and oxygen atoms in total. The smallest absolute Gasteiger partial charge is 0.0726 e. The first-order valence-corrected chi connectivity index (χ1v) is 22.7. The van der Waals surface area contributed by atoms with Crippen LogP contribution in [0, 0.1) is 0 Å². The SMILES string of the molecule is c1ccc(N(c2ccc3c4ccccc4c4ccccc4c3c2)c2cccc3c2-c2ccccc2C32c3ccccc3-c3ccccc32)c(-c2cccc3sc4ccccc4c23)c1. The molecule has 2 heteroatoms. The molecule has 12 aromatic rings. The molecule has 0 fully saturated rings. The van der Waals surface area contributed by atoms with Gasteiger partial charge in [-0.1, -0.05) is 188 Å². The van der Waals surface area contributed by atoms with E-state index in [9.17, 15) is 0 Å². The van der Waals surface area contributed by atoms with E-state index in [1.54, 1.807) is 0 Å². The van der Waals surface area contributed by atoms with Crippen LogP contribution in [0.4, 0.5) is 17.1 Å². The fourth-order valence-electron chi connectivity index (χ4n) is 11.6. The first kappa shape index (κ1) is 34.9. The van der Waals surface area contributed by atoms with E-state index in [4.69, 9.17) is 0 Å². The zero-order valence-electron chi connectivity index (χ0n) is 34.2. The Bertz CT molecular complexity index is 3810. The summed E-state index contributed by atoms with van der Waals surface area (Å²) in [4.78, 5) is 2.58. The van der Waals surface area contributed by atoms with Crippen molar-refractivity contribution >= 4 is 80.9 Å². The van der Waals surface area contributed by atoms with Crippen LogP contribution in [0.15, 0.2) is 224 Å². The summed E-state index contributed by atoms with van der Waals surface area (Å²) in [6.45, 7) is 0. The van der Waals surface area contributed by atoms with Gasteiger partial charge in [0.05, 0.1) is 16.8 Å². The lowest BCUT2D eigenvalue weighted by molar-refractivity contribution is 0.794. The summed E-state index contributed by atoms with van der Waals surface area (Å²) >= 11 is 1.88. The van der Waals surface area contributed by atoms with E-state index in [1.165, 1.54) is 108 Å². The number of fused-ring (bicyclic) bond motifs is 19. The van der Waals surface area contributed by atoms with Gasteiger partial charge in [-0.15, -0.1) is 11.3 Å². The predicted molar refractivity (Wildman–Crippen MR) is 268 cm³/mol. The Morgan fingerprint density at radius 2 is 0.762 bits per heavy atom. The monoisotopic (exact) mass is 815 g/mol. The first-order valence-electron chi connectivity index (χ1n) is 21.8. The molecule has 63 heavy (non-hydrogen) atoms. The lowest BCUT2D eigenvalue weighted by Crippen LogP contribution is -2.26. The van der Waals surface area contributed by atoms with Crippen LogP contribution in [-0.2, 0) is 5.41 Å². The Morgan fingerprint density at radius 3 is 1.46 bits per heavy atom. The molecule has 11 aromatic carbocycles. The van der Waals surface area contributed by atoms with E-state index in [0.717, 1.165) is 17.1 Å². The molecule has 0 aliphatic heterocycles. The second-order valence-electron chi connectivity index (χ2n) is 17.0. The van der Waals surface area contributed by atoms with Crippen molar-refractivity contribution in [3.63, 3.8) is 0 Å². The minimum Gasteiger partial charge on any atom is -0.309 e. The van der Waals surface area contributed by atoms with Crippen molar-refractivity contribution in [1.82, 2.24) is 0 Å². The highest BCUT2D eigenvalue weighted by molar-refractivity contribution is 7.25. The molecule has 0 N–H and O–H groups in total. The number of nitrogens with zero attached hydrogens (tertiary/aromatic N) is 1. The highest BCUT2D eigenvalue weighted by Gasteiger charge is 2.52. The number of rotatable bonds is 4. The third-order valence-electron chi connectivity index (χ3n) is 14.1. The lowest BCUT2D eigenvalue weighted by Gasteiger charge is -2.32. The van der Waals surface area contributed by atoms with Crippen molar-refractivity contribution in [2.75, 3.05) is 4.90 Å². The molecule has 14 rings (SSSR count). The third-order valence-corrected chi connectivity index (χ3v) is 15.2. The molecular formula is C61H37NS. The molecule has 0 saturated heterocycles. The van der Waals surface area contributed by atoms with Crippen LogP contribution in [0.5, 0.6) is 0 Å². The molecule has 0 amide bonds. The maximum atomic E-state index is 2.58. The lowest BCUT2D eigenvalue weighted by atomic mass is 9.70. The topological polar surface area (TPSA) is 3.24 Å². The van der Waals surface area contributed by atoms with Crippen molar-refractivity contribution < 1.29 is 0 Å². The van der Waals surface area contributed by atoms with Gasteiger partial charge in [-0.3, -0.25) is 0 Å². The Labute approximate surface area is 369 Å². The maximum Gasteiger partial charge on any atom is 0.0726 e. The van der Waals surface area contributed by atoms with Gasteiger partial charge in [0, 0.05) is 37.0 Å². The minimum atomic E-state index is -0.458. The summed E-state index contributed by atoms with van der Waals surface area (Å²) in [5.74, 6) is 0. The number of para-hydroxylation sites is 1. The molecule has 0 atom stereocenters. The van der Waals surface area contributed by atoms with E-state index in [2.05, 4.69) is 229 Å². The number of hydrogen-bond donors (Lipinski definition) is 0. The van der Waals surface area contributed by atoms with Crippen molar-refractivity contribution in [1.29, 1.82) is 0 Å². The average Bonchev–Trinajstić information content (AvgIpc) is 3.99. The molecular weight excluding hydrogens is 779 g/mol. The quantitative estimate of drug-likeness (QED) is 0.160. The van der Waals surface area contributed by atoms with Crippen LogP contribution < -0.4 is 4.90 Å². The van der Waals surface area contributed by atoms with Crippen LogP contribution in [0.1, 0.15) is 22.3 Å². The van der Waals surface area contributed by atoms with Crippen molar-refractivity contribution in [2.24, 2.45) is 0 Å². The fourth-order valence-corrected chi connectivity index (χ4v) is 12.8. The molecule has 292 valence electrons. The zero-order chi connectivity index (χ0) is 41.2. The van der Waals surface area contributed by atoms with Crippen molar-refractivity contribution in [3.8, 4) is 33.4 Å². The number of hydrogen-bond acceptors (Lipinski definition) is 2. The van der Waals surface area contributed by atoms with Crippen molar-refractivity contribution in [3.05, 3.63) is 247 Å². The van der Waals surface area contributed by atoms with Gasteiger partial charge in [-0.25, -0.2) is 0 Å². The molecule has 1 aromatic heterocycles. The first-order chi connectivity index (χ1) is 31.3. The minimum absolute atomic E-state index is 0.458. The Hall–Kier alpha value is -7.78. The number of thiophene rings is 1. The van der Waals surface area contributed by atoms with Gasteiger partial charge in [0.1, 0.15) is 0 Å². The standard InChI is InChI=1S/C61H37NS/c1-2-19-41-39(17-1)40-18-3-4-20-42(40)50-37-38(35-36-43(41)50)62(55-31-13-8-23-46(55)47-26-15-34-58-59(47)49-25-9-14-33-57(49)63-58)56-32-16-30-54-60(56)48-24-7-12-29-53(48)61(54)51-27-10-5-21-44(51)45-22-6-11-28-52(45)61/h1-37H. The third kappa shape index (κ3) is 4.66. The summed E-state index contributed by atoms with van der Waals surface area (Å²) < 4.78 is 2.61. The molecule has 2 aliphatic rings. The van der Waals surface area contributed by atoms with Gasteiger partial charge in [0.2, 0.25) is 0 Å². The second-order valence-corrected chi connectivity index (χ2v) is 18.1. The van der Waals surface area contributed by atoms with Crippen LogP contribution in [-0.4, -0.2) is 0 Å². The molecule has 1 spiro atoms. The maximum absolute atomic E-state index is 2.58. The van der Waals surface area contributed by atoms with E-state index in [-0.39, 0.29) is 0 Å². The Balaban J connectivity index is 1.11. The zero-order valence-corrected chi connectivity index (χ0v) is 35.0. The fraction of sp³-hybridized carbons (Fsp3) is 0.0164. The summed E-state index contributed by atoms with van der Waals surface area (Å²) in [5, 5.41) is 10.2. The predicted octanol–water partition coefficient (Wildman–Crippen LogP) is 17.0. The highest BCUT2D eigenvalue weighted by Crippen LogP contribution is 2.65. The van der Waals surface area contributed by atoms with Gasteiger partial charge < -0.3 is 4.90 Å². The number of anilines is 3. The van der Waals surface area contributed by atoms with E-state index in [1.807, 2.05) is 11.3 Å². The van der Waals surface area contributed by atoms with E-state index in [0.29, 0.717) is 0 Å². The summed E-state index contributed by atoms with van der Waals surface area (Å²) in [6, 6.07) is 84.2. The number of benzene rings is 11. The van der Waals surface area contributed by atoms with Crippen LogP contribution >= 0.6 is 11.3 Å². The molecule has 0 bridgehead atoms. The normalized spacial score (nSPS) is 13.2. The van der Waals surface area contributed by atoms with Gasteiger partial charge >= 0.3 is 0 Å². The molecule has 0 radical (unpaired) electrons. The molecule has 2 aliphatic carbocycles. The van der Waals surface area contributed by atoms with Crippen molar-refractivity contribution in [2.45, 2.75) is 5.41 Å². The Morgan fingerprint density at radius 1 is 0.302 bits per heavy atom. The highest BCUT2D eigenvalue weighted by atomic mass is 32.1.